The normalized spacial score (nSPS) is 16.1. The Morgan fingerprint density at radius 1 is 0.808 bits per heavy atom. The van der Waals surface area contributed by atoms with Crippen LogP contribution in [-0.2, 0) is 19.1 Å². The second-order valence-corrected chi connectivity index (χ2v) is 10.3. The second kappa shape index (κ2) is 7.70. The van der Waals surface area contributed by atoms with Gasteiger partial charge in [0.2, 0.25) is 0 Å². The quantitative estimate of drug-likeness (QED) is 0.615. The third-order valence-corrected chi connectivity index (χ3v) is 10.2. The minimum absolute atomic E-state index is 0.426. The zero-order chi connectivity index (χ0) is 18.6. The van der Waals surface area contributed by atoms with Crippen molar-refractivity contribution in [1.82, 2.24) is 0 Å². The molecule has 0 aliphatic carbocycles. The Balaban J connectivity index is 2.38. The Kier molecular flexibility index (Phi) is 5.37. The van der Waals surface area contributed by atoms with Crippen molar-refractivity contribution in [2.24, 2.45) is 0 Å². The predicted octanol–water partition coefficient (Wildman–Crippen LogP) is 2.23. The van der Waals surface area contributed by atoms with E-state index >= 15 is 0 Å². The number of carbonyl (C=O) groups excluding carboxylic acids is 2. The first-order chi connectivity index (χ1) is 12.6. The first-order valence-corrected chi connectivity index (χ1v) is 10.9. The summed E-state index contributed by atoms with van der Waals surface area (Å²) < 4.78 is 10.1. The Hall–Kier alpha value is -2.66. The fourth-order valence-corrected chi connectivity index (χ4v) is 9.11. The van der Waals surface area contributed by atoms with Crippen molar-refractivity contribution in [3.8, 4) is 0 Å². The number of carbonyl (C=O) groups is 2. The summed E-state index contributed by atoms with van der Waals surface area (Å²) in [4.78, 5) is 25.4. The fraction of sp³-hybridized carbons (Fsp3) is 0.238. The summed E-state index contributed by atoms with van der Waals surface area (Å²) >= 11 is 0. The van der Waals surface area contributed by atoms with Crippen LogP contribution in [0.1, 0.15) is 12.8 Å². The van der Waals surface area contributed by atoms with E-state index in [-0.39, 0.29) is 0 Å². The van der Waals surface area contributed by atoms with Gasteiger partial charge >= 0.3 is 11.9 Å². The van der Waals surface area contributed by atoms with Gasteiger partial charge in [0.05, 0.1) is 14.2 Å². The molecular formula is C21H22O4Si. The summed E-state index contributed by atoms with van der Waals surface area (Å²) in [5.74, 6) is -0.863. The molecule has 0 atom stereocenters. The van der Waals surface area contributed by atoms with E-state index in [9.17, 15) is 9.59 Å². The van der Waals surface area contributed by atoms with E-state index in [1.165, 1.54) is 14.2 Å². The van der Waals surface area contributed by atoms with Gasteiger partial charge in [-0.2, -0.15) is 0 Å². The van der Waals surface area contributed by atoms with E-state index in [2.05, 4.69) is 24.3 Å². The summed E-state index contributed by atoms with van der Waals surface area (Å²) in [5.41, 5.74) is 0.463. The van der Waals surface area contributed by atoms with Crippen LogP contribution < -0.4 is 10.4 Å². The van der Waals surface area contributed by atoms with Crippen LogP contribution >= 0.6 is 0 Å². The van der Waals surface area contributed by atoms with Gasteiger partial charge in [-0.15, -0.1) is 0 Å². The van der Waals surface area contributed by atoms with Crippen molar-refractivity contribution >= 4 is 30.4 Å². The number of hydrogen-bond acceptors (Lipinski definition) is 4. The molecule has 1 heterocycles. The molecule has 2 aromatic carbocycles. The van der Waals surface area contributed by atoms with E-state index in [1.54, 1.807) is 0 Å². The number of ether oxygens (including phenoxy) is 2. The van der Waals surface area contributed by atoms with E-state index < -0.39 is 20.0 Å². The van der Waals surface area contributed by atoms with Gasteiger partial charge < -0.3 is 9.47 Å². The topological polar surface area (TPSA) is 52.6 Å². The highest BCUT2D eigenvalue weighted by molar-refractivity contribution is 7.10. The van der Waals surface area contributed by atoms with Crippen LogP contribution in [0.4, 0.5) is 0 Å². The first-order valence-electron chi connectivity index (χ1n) is 8.66. The molecule has 26 heavy (non-hydrogen) atoms. The van der Waals surface area contributed by atoms with Crippen molar-refractivity contribution in [2.75, 3.05) is 14.2 Å². The van der Waals surface area contributed by atoms with E-state index in [0.29, 0.717) is 17.2 Å². The molecule has 0 fully saturated rings. The molecule has 0 spiro atoms. The lowest BCUT2D eigenvalue weighted by Gasteiger charge is -2.38. The van der Waals surface area contributed by atoms with E-state index in [4.69, 9.17) is 9.47 Å². The molecule has 0 saturated carbocycles. The molecule has 1 aliphatic rings. The molecule has 0 saturated heterocycles. The summed E-state index contributed by atoms with van der Waals surface area (Å²) in [6, 6.07) is 20.9. The molecule has 0 unspecified atom stereocenters. The number of methoxy groups -OCH3 is 2. The van der Waals surface area contributed by atoms with Crippen LogP contribution in [0.3, 0.4) is 0 Å². The average Bonchev–Trinajstić information content (AvgIpc) is 2.73. The maximum atomic E-state index is 12.9. The highest BCUT2D eigenvalue weighted by Crippen LogP contribution is 2.34. The van der Waals surface area contributed by atoms with Gasteiger partial charge in [0.15, 0.2) is 8.07 Å². The fourth-order valence-electron chi connectivity index (χ4n) is 3.95. The Morgan fingerprint density at radius 2 is 1.31 bits per heavy atom. The molecule has 3 rings (SSSR count). The van der Waals surface area contributed by atoms with E-state index in [1.807, 2.05) is 36.4 Å². The van der Waals surface area contributed by atoms with Crippen LogP contribution in [0, 0.1) is 0 Å². The molecular weight excluding hydrogens is 344 g/mol. The minimum atomic E-state index is -2.69. The van der Waals surface area contributed by atoms with Crippen LogP contribution in [-0.4, -0.2) is 34.2 Å². The third kappa shape index (κ3) is 2.99. The highest BCUT2D eigenvalue weighted by atomic mass is 28.3. The number of rotatable bonds is 4. The number of hydrogen-bond donors (Lipinski definition) is 0. The molecule has 5 heteroatoms. The lowest BCUT2D eigenvalue weighted by Crippen LogP contribution is -2.63. The zero-order valence-electron chi connectivity index (χ0n) is 15.0. The van der Waals surface area contributed by atoms with Gasteiger partial charge in [0, 0.05) is 10.8 Å². The Morgan fingerprint density at radius 3 is 1.77 bits per heavy atom. The van der Waals surface area contributed by atoms with Crippen molar-refractivity contribution < 1.29 is 19.1 Å². The predicted molar refractivity (Wildman–Crippen MR) is 103 cm³/mol. The van der Waals surface area contributed by atoms with Gasteiger partial charge in [-0.25, -0.2) is 9.59 Å². The molecule has 0 bridgehead atoms. The highest BCUT2D eigenvalue weighted by Gasteiger charge is 2.49. The average molecular weight is 366 g/mol. The zero-order valence-corrected chi connectivity index (χ0v) is 16.0. The molecule has 0 amide bonds. The van der Waals surface area contributed by atoms with Gasteiger partial charge in [0.25, 0.3) is 0 Å². The van der Waals surface area contributed by atoms with Crippen molar-refractivity contribution in [3.05, 3.63) is 71.4 Å². The van der Waals surface area contributed by atoms with Crippen LogP contribution in [0.2, 0.25) is 6.04 Å². The smallest absolute Gasteiger partial charge is 0.333 e. The Bertz CT molecular complexity index is 788. The van der Waals surface area contributed by atoms with Gasteiger partial charge in [-0.05, 0) is 22.8 Å². The largest absolute Gasteiger partial charge is 0.466 e. The molecule has 0 radical (unpaired) electrons. The molecule has 2 aromatic rings. The van der Waals surface area contributed by atoms with Crippen molar-refractivity contribution in [3.63, 3.8) is 0 Å². The van der Waals surface area contributed by atoms with Gasteiger partial charge in [-0.1, -0.05) is 67.1 Å². The van der Waals surface area contributed by atoms with Crippen LogP contribution in [0.5, 0.6) is 0 Å². The van der Waals surface area contributed by atoms with Crippen molar-refractivity contribution in [2.45, 2.75) is 18.9 Å². The lowest BCUT2D eigenvalue weighted by molar-refractivity contribution is -0.139. The van der Waals surface area contributed by atoms with Crippen molar-refractivity contribution in [1.29, 1.82) is 0 Å². The van der Waals surface area contributed by atoms with Gasteiger partial charge in [0.1, 0.15) is 0 Å². The number of benzene rings is 2. The molecule has 134 valence electrons. The SMILES string of the molecule is COC(=O)C1=C(C(=O)OC)[Si](c2ccccc2)(c2ccccc2)CCC1. The molecule has 1 aliphatic heterocycles. The third-order valence-electron chi connectivity index (χ3n) is 5.06. The summed E-state index contributed by atoms with van der Waals surface area (Å²) in [6.07, 6.45) is 1.37. The van der Waals surface area contributed by atoms with Crippen LogP contribution in [0.15, 0.2) is 71.4 Å². The maximum absolute atomic E-state index is 12.9. The summed E-state index contributed by atoms with van der Waals surface area (Å²) in [5, 5.41) is 2.73. The molecule has 0 aromatic heterocycles. The summed E-state index contributed by atoms with van der Waals surface area (Å²) in [7, 11) is 0.0371. The van der Waals surface area contributed by atoms with Gasteiger partial charge in [-0.3, -0.25) is 0 Å². The minimum Gasteiger partial charge on any atom is -0.466 e. The lowest BCUT2D eigenvalue weighted by atomic mass is 10.1. The van der Waals surface area contributed by atoms with E-state index in [0.717, 1.165) is 22.8 Å². The molecule has 4 nitrogen and oxygen atoms in total. The summed E-state index contributed by atoms with van der Waals surface area (Å²) in [6.45, 7) is 0. The maximum Gasteiger partial charge on any atom is 0.333 e. The second-order valence-electron chi connectivity index (χ2n) is 6.33. The monoisotopic (exact) mass is 366 g/mol. The molecule has 0 N–H and O–H groups in total. The Labute approximate surface area is 154 Å². The standard InChI is InChI=1S/C21H22O4Si/c1-24-20(22)18-14-9-15-26(19(18)21(23)25-2,16-10-5-3-6-11-16)17-12-7-4-8-13-17/h3-8,10-13H,9,14-15H2,1-2H3. The first kappa shape index (κ1) is 18.1. The number of esters is 2. The van der Waals surface area contributed by atoms with Crippen LogP contribution in [0.25, 0.3) is 0 Å².